The molecule has 2 rings (SSSR count). The Morgan fingerprint density at radius 2 is 1.84 bits per heavy atom. The summed E-state index contributed by atoms with van der Waals surface area (Å²) in [6.45, 7) is 0. The Kier molecular flexibility index (Phi) is 4.03. The zero-order chi connectivity index (χ0) is 13.7. The largest absolute Gasteiger partial charge is 0.474 e. The first-order chi connectivity index (χ1) is 9.20. The highest BCUT2D eigenvalue weighted by Crippen LogP contribution is 2.24. The van der Waals surface area contributed by atoms with Gasteiger partial charge >= 0.3 is 5.97 Å². The van der Waals surface area contributed by atoms with E-state index in [9.17, 15) is 4.79 Å². The van der Waals surface area contributed by atoms with Crippen molar-refractivity contribution in [2.75, 3.05) is 12.8 Å². The number of esters is 1. The van der Waals surface area contributed by atoms with Gasteiger partial charge in [-0.15, -0.1) is 0 Å². The van der Waals surface area contributed by atoms with Gasteiger partial charge < -0.3 is 15.2 Å². The maximum Gasteiger partial charge on any atom is 0.351 e. The number of rotatable bonds is 4. The topological polar surface area (TPSA) is 61.5 Å². The van der Waals surface area contributed by atoms with E-state index in [1.165, 1.54) is 7.11 Å². The molecule has 0 heterocycles. The van der Waals surface area contributed by atoms with Crippen molar-refractivity contribution in [2.24, 2.45) is 0 Å². The van der Waals surface area contributed by atoms with Crippen LogP contribution in [0.2, 0.25) is 0 Å². The number of ether oxygens (including phenoxy) is 2. The molecular formula is C15H15NO3. The van der Waals surface area contributed by atoms with Gasteiger partial charge in [-0.25, -0.2) is 4.79 Å². The van der Waals surface area contributed by atoms with Crippen molar-refractivity contribution in [2.45, 2.75) is 6.10 Å². The van der Waals surface area contributed by atoms with Crippen molar-refractivity contribution in [3.8, 4) is 5.75 Å². The summed E-state index contributed by atoms with van der Waals surface area (Å²) in [6, 6.07) is 16.1. The van der Waals surface area contributed by atoms with Gasteiger partial charge in [0.25, 0.3) is 0 Å². The number of carbonyl (C=O) groups is 1. The number of nitrogens with two attached hydrogens (primary N) is 1. The van der Waals surface area contributed by atoms with E-state index in [4.69, 9.17) is 15.2 Å². The second-order valence-electron chi connectivity index (χ2n) is 4.00. The SMILES string of the molecule is COC(=O)C(Oc1cccc(N)c1)c1ccccc1. The second-order valence-corrected chi connectivity index (χ2v) is 4.00. The molecule has 0 saturated carbocycles. The van der Waals surface area contributed by atoms with Gasteiger partial charge in [0.1, 0.15) is 5.75 Å². The molecular weight excluding hydrogens is 242 g/mol. The maximum atomic E-state index is 11.8. The van der Waals surface area contributed by atoms with Crippen LogP contribution in [0.25, 0.3) is 0 Å². The van der Waals surface area contributed by atoms with E-state index in [-0.39, 0.29) is 0 Å². The highest BCUT2D eigenvalue weighted by atomic mass is 16.6. The standard InChI is InChI=1S/C15H15NO3/c1-18-15(17)14(11-6-3-2-4-7-11)19-13-9-5-8-12(16)10-13/h2-10,14H,16H2,1H3. The Labute approximate surface area is 111 Å². The minimum atomic E-state index is -0.798. The summed E-state index contributed by atoms with van der Waals surface area (Å²) in [7, 11) is 1.33. The van der Waals surface area contributed by atoms with Crippen molar-refractivity contribution in [1.29, 1.82) is 0 Å². The van der Waals surface area contributed by atoms with E-state index >= 15 is 0 Å². The van der Waals surface area contributed by atoms with E-state index in [1.54, 1.807) is 24.3 Å². The molecule has 0 amide bonds. The summed E-state index contributed by atoms with van der Waals surface area (Å²) in [4.78, 5) is 11.8. The summed E-state index contributed by atoms with van der Waals surface area (Å²) in [5.41, 5.74) is 7.00. The van der Waals surface area contributed by atoms with E-state index in [1.807, 2.05) is 30.3 Å². The Hall–Kier alpha value is -2.49. The van der Waals surface area contributed by atoms with Crippen molar-refractivity contribution in [3.05, 3.63) is 60.2 Å². The van der Waals surface area contributed by atoms with Gasteiger partial charge in [0.05, 0.1) is 7.11 Å². The quantitative estimate of drug-likeness (QED) is 0.675. The van der Waals surface area contributed by atoms with Crippen molar-refractivity contribution in [3.63, 3.8) is 0 Å². The first kappa shape index (κ1) is 13.0. The lowest BCUT2D eigenvalue weighted by Crippen LogP contribution is -2.20. The van der Waals surface area contributed by atoms with Crippen LogP contribution in [0.1, 0.15) is 11.7 Å². The third kappa shape index (κ3) is 3.25. The second kappa shape index (κ2) is 5.91. The molecule has 1 unspecified atom stereocenters. The van der Waals surface area contributed by atoms with Gasteiger partial charge in [0, 0.05) is 17.3 Å². The molecule has 19 heavy (non-hydrogen) atoms. The molecule has 0 aromatic heterocycles. The first-order valence-electron chi connectivity index (χ1n) is 5.85. The van der Waals surface area contributed by atoms with Crippen LogP contribution in [-0.4, -0.2) is 13.1 Å². The third-order valence-corrected chi connectivity index (χ3v) is 2.63. The van der Waals surface area contributed by atoms with E-state index in [2.05, 4.69) is 0 Å². The number of hydrogen-bond donors (Lipinski definition) is 1. The van der Waals surface area contributed by atoms with Gasteiger partial charge in [-0.3, -0.25) is 0 Å². The molecule has 0 bridgehead atoms. The summed E-state index contributed by atoms with van der Waals surface area (Å²) in [5.74, 6) is 0.0767. The fourth-order valence-electron chi connectivity index (χ4n) is 1.71. The number of carbonyl (C=O) groups excluding carboxylic acids is 1. The highest BCUT2D eigenvalue weighted by Gasteiger charge is 2.23. The van der Waals surface area contributed by atoms with Crippen LogP contribution in [-0.2, 0) is 9.53 Å². The Balaban J connectivity index is 2.27. The van der Waals surface area contributed by atoms with Crippen molar-refractivity contribution >= 4 is 11.7 Å². The minimum Gasteiger partial charge on any atom is -0.474 e. The average molecular weight is 257 g/mol. The van der Waals surface area contributed by atoms with Gasteiger partial charge in [0.2, 0.25) is 6.10 Å². The van der Waals surface area contributed by atoms with Crippen LogP contribution < -0.4 is 10.5 Å². The lowest BCUT2D eigenvalue weighted by atomic mass is 10.1. The summed E-state index contributed by atoms with van der Waals surface area (Å²) < 4.78 is 10.5. The van der Waals surface area contributed by atoms with Crippen LogP contribution in [0, 0.1) is 0 Å². The van der Waals surface area contributed by atoms with Crippen LogP contribution >= 0.6 is 0 Å². The van der Waals surface area contributed by atoms with Crippen molar-refractivity contribution < 1.29 is 14.3 Å². The molecule has 0 aliphatic heterocycles. The Morgan fingerprint density at radius 1 is 1.11 bits per heavy atom. The zero-order valence-corrected chi connectivity index (χ0v) is 10.6. The molecule has 2 aromatic carbocycles. The van der Waals surface area contributed by atoms with Gasteiger partial charge in [0.15, 0.2) is 0 Å². The Bertz CT molecular complexity index is 554. The molecule has 2 N–H and O–H groups in total. The molecule has 98 valence electrons. The number of hydrogen-bond acceptors (Lipinski definition) is 4. The van der Waals surface area contributed by atoms with Crippen LogP contribution in [0.5, 0.6) is 5.75 Å². The van der Waals surface area contributed by atoms with Crippen molar-refractivity contribution in [1.82, 2.24) is 0 Å². The van der Waals surface area contributed by atoms with E-state index in [0.29, 0.717) is 11.4 Å². The molecule has 0 aliphatic carbocycles. The average Bonchev–Trinajstić information content (AvgIpc) is 2.45. The molecule has 0 spiro atoms. The Morgan fingerprint density at radius 3 is 2.47 bits per heavy atom. The first-order valence-corrected chi connectivity index (χ1v) is 5.85. The molecule has 0 radical (unpaired) electrons. The van der Waals surface area contributed by atoms with Crippen LogP contribution in [0.3, 0.4) is 0 Å². The lowest BCUT2D eigenvalue weighted by Gasteiger charge is -2.17. The van der Waals surface area contributed by atoms with E-state index in [0.717, 1.165) is 5.56 Å². The molecule has 2 aromatic rings. The molecule has 4 nitrogen and oxygen atoms in total. The maximum absolute atomic E-state index is 11.8. The predicted molar refractivity (Wildman–Crippen MR) is 72.7 cm³/mol. The summed E-state index contributed by atoms with van der Waals surface area (Å²) in [5, 5.41) is 0. The van der Waals surface area contributed by atoms with Gasteiger partial charge in [-0.1, -0.05) is 36.4 Å². The number of anilines is 1. The molecule has 0 aliphatic rings. The number of nitrogen functional groups attached to an aromatic ring is 1. The highest BCUT2D eigenvalue weighted by molar-refractivity contribution is 5.76. The fourth-order valence-corrected chi connectivity index (χ4v) is 1.71. The lowest BCUT2D eigenvalue weighted by molar-refractivity contribution is -0.149. The zero-order valence-electron chi connectivity index (χ0n) is 10.6. The fraction of sp³-hybridized carbons (Fsp3) is 0.133. The van der Waals surface area contributed by atoms with Crippen LogP contribution in [0.15, 0.2) is 54.6 Å². The van der Waals surface area contributed by atoms with Crippen LogP contribution in [0.4, 0.5) is 5.69 Å². The predicted octanol–water partition coefficient (Wildman–Crippen LogP) is 2.56. The molecule has 0 fully saturated rings. The molecule has 0 saturated heterocycles. The minimum absolute atomic E-state index is 0.450. The van der Waals surface area contributed by atoms with Gasteiger partial charge in [-0.2, -0.15) is 0 Å². The monoisotopic (exact) mass is 257 g/mol. The smallest absolute Gasteiger partial charge is 0.351 e. The van der Waals surface area contributed by atoms with Gasteiger partial charge in [-0.05, 0) is 12.1 Å². The number of methoxy groups -OCH3 is 1. The number of benzene rings is 2. The summed E-state index contributed by atoms with van der Waals surface area (Å²) in [6.07, 6.45) is -0.798. The summed E-state index contributed by atoms with van der Waals surface area (Å²) >= 11 is 0. The normalized spacial score (nSPS) is 11.6. The molecule has 4 heteroatoms. The third-order valence-electron chi connectivity index (χ3n) is 2.63. The van der Waals surface area contributed by atoms with E-state index < -0.39 is 12.1 Å². The molecule has 1 atom stereocenters.